The van der Waals surface area contributed by atoms with Crippen LogP contribution in [0.1, 0.15) is 0 Å². The number of nitrogens with zero attached hydrogens (tertiary/aromatic N) is 5. The normalized spacial score (nSPS) is 11.9. The number of hydrogen-bond acceptors (Lipinski definition) is 4. The molecule has 266 valence electrons. The molecule has 8 aromatic carbocycles. The van der Waals surface area contributed by atoms with Gasteiger partial charge >= 0.3 is 0 Å². The Bertz CT molecular complexity index is 3510. The highest BCUT2D eigenvalue weighted by Gasteiger charge is 2.26. The van der Waals surface area contributed by atoms with Crippen molar-refractivity contribution in [2.24, 2.45) is 0 Å². The topological polar surface area (TPSA) is 61.7 Å². The van der Waals surface area contributed by atoms with Crippen LogP contribution >= 0.6 is 0 Å². The van der Waals surface area contributed by atoms with Gasteiger partial charge in [-0.25, -0.2) is 4.98 Å². The summed E-state index contributed by atoms with van der Waals surface area (Å²) in [5.74, 6) is 1.70. The van der Waals surface area contributed by atoms with Gasteiger partial charge in [-0.15, -0.1) is 0 Å². The first-order valence-electron chi connectivity index (χ1n) is 19.1. The van der Waals surface area contributed by atoms with Crippen molar-refractivity contribution in [2.45, 2.75) is 0 Å². The van der Waals surface area contributed by atoms with Crippen LogP contribution in [0, 0.1) is 0 Å². The summed E-state index contributed by atoms with van der Waals surface area (Å²) >= 11 is 0. The molecule has 0 aliphatic rings. The fourth-order valence-electron chi connectivity index (χ4n) is 8.76. The lowest BCUT2D eigenvalue weighted by molar-refractivity contribution is 0.669. The second kappa shape index (κ2) is 12.3. The summed E-state index contributed by atoms with van der Waals surface area (Å²) in [5.41, 5.74) is 11.0. The van der Waals surface area contributed by atoms with Gasteiger partial charge in [-0.1, -0.05) is 146 Å². The highest BCUT2D eigenvalue weighted by Crippen LogP contribution is 2.46. The van der Waals surface area contributed by atoms with Crippen molar-refractivity contribution in [3.8, 4) is 45.5 Å². The zero-order valence-corrected chi connectivity index (χ0v) is 30.5. The lowest BCUT2D eigenvalue weighted by atomic mass is 9.96. The Morgan fingerprint density at radius 1 is 0.368 bits per heavy atom. The summed E-state index contributed by atoms with van der Waals surface area (Å²) in [4.78, 5) is 16.0. The van der Waals surface area contributed by atoms with Gasteiger partial charge in [0.25, 0.3) is 0 Å². The van der Waals surface area contributed by atoms with Gasteiger partial charge in [0.15, 0.2) is 11.6 Å². The number of rotatable bonds is 5. The Labute approximate surface area is 326 Å². The second-order valence-corrected chi connectivity index (χ2v) is 14.4. The van der Waals surface area contributed by atoms with Crippen LogP contribution in [0.5, 0.6) is 0 Å². The number of furan rings is 1. The van der Waals surface area contributed by atoms with Gasteiger partial charge in [-0.05, 0) is 53.6 Å². The SMILES string of the molecule is c1ccc(-c2nc(-c3cccc4oc5ccccc5c34)nc(-n3c4ccccc4c4cc(-c5ccccc5)c5c6ccccc6n(-c6ccccc6)c5c43)n2)cc1. The van der Waals surface area contributed by atoms with Crippen LogP contribution < -0.4 is 0 Å². The first-order valence-corrected chi connectivity index (χ1v) is 19.1. The van der Waals surface area contributed by atoms with Crippen molar-refractivity contribution < 1.29 is 4.42 Å². The van der Waals surface area contributed by atoms with E-state index in [9.17, 15) is 0 Å². The van der Waals surface area contributed by atoms with Gasteiger partial charge in [0.2, 0.25) is 5.95 Å². The molecule has 57 heavy (non-hydrogen) atoms. The van der Waals surface area contributed by atoms with Crippen LogP contribution in [-0.4, -0.2) is 24.1 Å². The molecule has 12 aromatic rings. The molecule has 0 radical (unpaired) electrons. The molecule has 0 unspecified atom stereocenters. The zero-order chi connectivity index (χ0) is 37.5. The van der Waals surface area contributed by atoms with Gasteiger partial charge in [0, 0.05) is 49.1 Å². The fraction of sp³-hybridized carbons (Fsp3) is 0. The highest BCUT2D eigenvalue weighted by atomic mass is 16.3. The van der Waals surface area contributed by atoms with Gasteiger partial charge in [-0.2, -0.15) is 9.97 Å². The summed E-state index contributed by atoms with van der Waals surface area (Å²) in [7, 11) is 0. The van der Waals surface area contributed by atoms with E-state index in [-0.39, 0.29) is 0 Å². The van der Waals surface area contributed by atoms with Crippen molar-refractivity contribution in [2.75, 3.05) is 0 Å². The Kier molecular flexibility index (Phi) is 6.83. The summed E-state index contributed by atoms with van der Waals surface area (Å²) in [6, 6.07) is 65.5. The van der Waals surface area contributed by atoms with E-state index in [2.05, 4.69) is 149 Å². The van der Waals surface area contributed by atoms with Crippen LogP contribution in [0.3, 0.4) is 0 Å². The molecular formula is C51H31N5O. The van der Waals surface area contributed by atoms with Crippen molar-refractivity contribution in [3.05, 3.63) is 188 Å². The van der Waals surface area contributed by atoms with Crippen LogP contribution in [0.25, 0.3) is 111 Å². The molecule has 6 nitrogen and oxygen atoms in total. The summed E-state index contributed by atoms with van der Waals surface area (Å²) in [5, 5.41) is 6.57. The molecule has 4 heterocycles. The quantitative estimate of drug-likeness (QED) is 0.177. The van der Waals surface area contributed by atoms with Crippen molar-refractivity contribution in [1.82, 2.24) is 24.1 Å². The molecule has 0 fully saturated rings. The first kappa shape index (κ1) is 31.5. The Morgan fingerprint density at radius 2 is 0.965 bits per heavy atom. The molecule has 0 spiro atoms. The van der Waals surface area contributed by atoms with Gasteiger partial charge in [0.1, 0.15) is 11.2 Å². The van der Waals surface area contributed by atoms with Gasteiger partial charge < -0.3 is 8.98 Å². The Balaban J connectivity index is 1.28. The first-order chi connectivity index (χ1) is 28.3. The molecular weight excluding hydrogens is 699 g/mol. The van der Waals surface area contributed by atoms with Crippen molar-refractivity contribution >= 4 is 65.6 Å². The number of para-hydroxylation sites is 4. The van der Waals surface area contributed by atoms with Gasteiger partial charge in [-0.3, -0.25) is 4.57 Å². The summed E-state index contributed by atoms with van der Waals surface area (Å²) in [6.45, 7) is 0. The van der Waals surface area contributed by atoms with E-state index >= 15 is 0 Å². The third kappa shape index (κ3) is 4.74. The largest absolute Gasteiger partial charge is 0.456 e. The maximum Gasteiger partial charge on any atom is 0.238 e. The van der Waals surface area contributed by atoms with Crippen molar-refractivity contribution in [3.63, 3.8) is 0 Å². The van der Waals surface area contributed by atoms with E-state index in [4.69, 9.17) is 19.4 Å². The van der Waals surface area contributed by atoms with Crippen molar-refractivity contribution in [1.29, 1.82) is 0 Å². The molecule has 0 saturated carbocycles. The minimum Gasteiger partial charge on any atom is -0.456 e. The van der Waals surface area contributed by atoms with E-state index in [1.165, 1.54) is 16.3 Å². The molecule has 0 bridgehead atoms. The molecule has 4 aromatic heterocycles. The average Bonchev–Trinajstić information content (AvgIpc) is 3.95. The summed E-state index contributed by atoms with van der Waals surface area (Å²) in [6.07, 6.45) is 0. The predicted octanol–water partition coefficient (Wildman–Crippen LogP) is 13.0. The molecule has 0 atom stereocenters. The molecule has 0 saturated heterocycles. The molecule has 0 N–H and O–H groups in total. The minimum absolute atomic E-state index is 0.536. The standard InChI is InChI=1S/C51H31N5O/c1-4-17-32(18-5-1)39-31-40-35-23-10-13-27-41(35)56(47(40)48-46(39)36-24-11-14-28-42(36)55(48)34-21-8-3-9-22-34)51-53-49(33-19-6-2-7-20-33)52-50(54-51)38-26-16-30-44-45(38)37-25-12-15-29-43(37)57-44/h1-31H. The van der Waals surface area contributed by atoms with Crippen LogP contribution in [0.15, 0.2) is 192 Å². The maximum atomic E-state index is 6.35. The Morgan fingerprint density at radius 3 is 1.74 bits per heavy atom. The molecule has 0 aliphatic heterocycles. The lowest BCUT2D eigenvalue weighted by Gasteiger charge is -2.14. The predicted molar refractivity (Wildman–Crippen MR) is 232 cm³/mol. The second-order valence-electron chi connectivity index (χ2n) is 14.4. The fourth-order valence-corrected chi connectivity index (χ4v) is 8.76. The number of aromatic nitrogens is 5. The van der Waals surface area contributed by atoms with E-state index < -0.39 is 0 Å². The van der Waals surface area contributed by atoms with Gasteiger partial charge in [0.05, 0.1) is 22.1 Å². The molecule has 12 rings (SSSR count). The monoisotopic (exact) mass is 729 g/mol. The van der Waals surface area contributed by atoms with E-state index in [1.54, 1.807) is 0 Å². The number of hydrogen-bond donors (Lipinski definition) is 0. The zero-order valence-electron chi connectivity index (χ0n) is 30.5. The van der Waals surface area contributed by atoms with Crippen LogP contribution in [0.4, 0.5) is 0 Å². The molecule has 0 aliphatic carbocycles. The van der Waals surface area contributed by atoms with E-state index in [0.717, 1.165) is 77.2 Å². The summed E-state index contributed by atoms with van der Waals surface area (Å²) < 4.78 is 11.0. The third-order valence-electron chi connectivity index (χ3n) is 11.2. The van der Waals surface area contributed by atoms with Crippen LogP contribution in [0.2, 0.25) is 0 Å². The number of benzene rings is 8. The van der Waals surface area contributed by atoms with E-state index in [1.807, 2.05) is 48.5 Å². The minimum atomic E-state index is 0.536. The Hall–Kier alpha value is -7.83. The highest BCUT2D eigenvalue weighted by molar-refractivity contribution is 6.28. The third-order valence-corrected chi connectivity index (χ3v) is 11.2. The molecule has 6 heteroatoms. The number of fused-ring (bicyclic) bond motifs is 10. The van der Waals surface area contributed by atoms with Crippen LogP contribution in [-0.2, 0) is 0 Å². The maximum absolute atomic E-state index is 6.35. The molecule has 0 amide bonds. The lowest BCUT2D eigenvalue weighted by Crippen LogP contribution is -2.07. The average molecular weight is 730 g/mol. The smallest absolute Gasteiger partial charge is 0.238 e. The van der Waals surface area contributed by atoms with E-state index in [0.29, 0.717) is 17.6 Å².